The molecule has 0 radical (unpaired) electrons. The van der Waals surface area contributed by atoms with Gasteiger partial charge in [-0.15, -0.1) is 0 Å². The van der Waals surface area contributed by atoms with Crippen LogP contribution in [-0.2, 0) is 9.84 Å². The predicted molar refractivity (Wildman–Crippen MR) is 114 cm³/mol. The number of hydrogen-bond donors (Lipinski definition) is 0. The van der Waals surface area contributed by atoms with Crippen molar-refractivity contribution < 1.29 is 8.42 Å². The van der Waals surface area contributed by atoms with Gasteiger partial charge in [0.15, 0.2) is 0 Å². The molecule has 0 bridgehead atoms. The number of piperidine rings is 1. The van der Waals surface area contributed by atoms with Crippen LogP contribution >= 0.6 is 11.6 Å². The van der Waals surface area contributed by atoms with Crippen LogP contribution in [0, 0.1) is 12.8 Å². The first-order chi connectivity index (χ1) is 13.4. The topological polar surface area (TPSA) is 50.3 Å². The van der Waals surface area contributed by atoms with Crippen molar-refractivity contribution in [2.75, 3.05) is 18.0 Å². The molecule has 2 heterocycles. The van der Waals surface area contributed by atoms with Gasteiger partial charge in [-0.25, -0.2) is 8.42 Å². The Hall–Kier alpha value is -2.11. The number of anilines is 1. The van der Waals surface area contributed by atoms with Crippen molar-refractivity contribution in [3.63, 3.8) is 0 Å². The lowest BCUT2D eigenvalue weighted by molar-refractivity contribution is 0.437. The molecule has 4 rings (SSSR count). The second kappa shape index (κ2) is 7.37. The molecule has 1 aliphatic heterocycles. The van der Waals surface area contributed by atoms with Crippen molar-refractivity contribution in [3.05, 3.63) is 59.2 Å². The summed E-state index contributed by atoms with van der Waals surface area (Å²) in [5, 5.41) is 1.42. The van der Waals surface area contributed by atoms with Crippen LogP contribution in [0.4, 0.5) is 5.69 Å². The molecule has 3 aromatic rings. The standard InChI is InChI=1S/C22H23ClN2O2S/c1-15-3-6-18(7-4-15)28(26,27)21-14-24-20-13-17(23)5-8-19(20)22(21)25-11-9-16(2)10-12-25/h3-8,13-14,16H,9-12H2,1-2H3. The Morgan fingerprint density at radius 3 is 2.43 bits per heavy atom. The molecule has 6 heteroatoms. The maximum absolute atomic E-state index is 13.5. The minimum atomic E-state index is -3.69. The second-order valence-electron chi connectivity index (χ2n) is 7.62. The van der Waals surface area contributed by atoms with E-state index in [1.165, 1.54) is 6.20 Å². The highest BCUT2D eigenvalue weighted by molar-refractivity contribution is 7.91. The van der Waals surface area contributed by atoms with Gasteiger partial charge in [-0.05, 0) is 56.0 Å². The Bertz CT molecular complexity index is 1120. The third-order valence-corrected chi connectivity index (χ3v) is 7.50. The third kappa shape index (κ3) is 3.49. The SMILES string of the molecule is Cc1ccc(S(=O)(=O)c2cnc3cc(Cl)ccc3c2N2CCC(C)CC2)cc1. The Balaban J connectivity index is 1.93. The molecule has 28 heavy (non-hydrogen) atoms. The number of pyridine rings is 1. The lowest BCUT2D eigenvalue weighted by atomic mass is 9.98. The molecule has 1 aromatic heterocycles. The fourth-order valence-electron chi connectivity index (χ4n) is 3.73. The van der Waals surface area contributed by atoms with Gasteiger partial charge in [0.05, 0.1) is 16.1 Å². The number of benzene rings is 2. The minimum Gasteiger partial charge on any atom is -0.370 e. The summed E-state index contributed by atoms with van der Waals surface area (Å²) in [6, 6.07) is 12.4. The molecule has 1 aliphatic rings. The van der Waals surface area contributed by atoms with Gasteiger partial charge in [-0.3, -0.25) is 4.98 Å². The third-order valence-electron chi connectivity index (χ3n) is 5.49. The molecule has 0 N–H and O–H groups in total. The van der Waals surface area contributed by atoms with Gasteiger partial charge in [0.2, 0.25) is 9.84 Å². The Labute approximate surface area is 171 Å². The smallest absolute Gasteiger partial charge is 0.210 e. The summed E-state index contributed by atoms with van der Waals surface area (Å²) in [7, 11) is -3.69. The van der Waals surface area contributed by atoms with Crippen LogP contribution < -0.4 is 4.90 Å². The van der Waals surface area contributed by atoms with E-state index < -0.39 is 9.84 Å². The normalized spacial score (nSPS) is 15.9. The lowest BCUT2D eigenvalue weighted by Gasteiger charge is -2.34. The monoisotopic (exact) mass is 414 g/mol. The summed E-state index contributed by atoms with van der Waals surface area (Å²) in [6.07, 6.45) is 3.57. The van der Waals surface area contributed by atoms with Crippen LogP contribution in [-0.4, -0.2) is 26.5 Å². The van der Waals surface area contributed by atoms with Crippen LogP contribution in [0.3, 0.4) is 0 Å². The number of aromatic nitrogens is 1. The van der Waals surface area contributed by atoms with E-state index in [0.29, 0.717) is 21.4 Å². The first kappa shape index (κ1) is 19.2. The van der Waals surface area contributed by atoms with Gasteiger partial charge >= 0.3 is 0 Å². The number of rotatable bonds is 3. The summed E-state index contributed by atoms with van der Waals surface area (Å²) in [6.45, 7) is 5.85. The highest BCUT2D eigenvalue weighted by atomic mass is 35.5. The van der Waals surface area contributed by atoms with Gasteiger partial charge in [-0.2, -0.15) is 0 Å². The van der Waals surface area contributed by atoms with E-state index in [1.807, 2.05) is 25.1 Å². The Kier molecular flexibility index (Phi) is 5.06. The first-order valence-corrected chi connectivity index (χ1v) is 11.4. The number of aryl methyl sites for hydroxylation is 1. The van der Waals surface area contributed by atoms with E-state index in [4.69, 9.17) is 11.6 Å². The molecule has 0 aliphatic carbocycles. The molecule has 1 saturated heterocycles. The largest absolute Gasteiger partial charge is 0.370 e. The molecule has 146 valence electrons. The number of nitrogens with zero attached hydrogens (tertiary/aromatic N) is 2. The van der Waals surface area contributed by atoms with Crippen LogP contribution in [0.5, 0.6) is 0 Å². The maximum Gasteiger partial charge on any atom is 0.210 e. The van der Waals surface area contributed by atoms with Crippen LogP contribution in [0.25, 0.3) is 10.9 Å². The summed E-state index contributed by atoms with van der Waals surface area (Å²) in [5.41, 5.74) is 2.48. The van der Waals surface area contributed by atoms with Crippen molar-refractivity contribution in [2.45, 2.75) is 36.5 Å². The van der Waals surface area contributed by atoms with E-state index in [1.54, 1.807) is 24.3 Å². The molecular formula is C22H23ClN2O2S. The summed E-state index contributed by atoms with van der Waals surface area (Å²) < 4.78 is 27.0. The summed E-state index contributed by atoms with van der Waals surface area (Å²) >= 11 is 6.14. The minimum absolute atomic E-state index is 0.265. The van der Waals surface area contributed by atoms with E-state index in [9.17, 15) is 8.42 Å². The van der Waals surface area contributed by atoms with Gasteiger partial charge in [0.1, 0.15) is 4.90 Å². The zero-order valence-electron chi connectivity index (χ0n) is 16.0. The van der Waals surface area contributed by atoms with E-state index in [0.717, 1.165) is 42.6 Å². The summed E-state index contributed by atoms with van der Waals surface area (Å²) in [5.74, 6) is 0.649. The molecule has 1 fully saturated rings. The van der Waals surface area contributed by atoms with Crippen molar-refractivity contribution >= 4 is 38.0 Å². The van der Waals surface area contributed by atoms with Crippen molar-refractivity contribution in [1.82, 2.24) is 4.98 Å². The maximum atomic E-state index is 13.5. The highest BCUT2D eigenvalue weighted by Crippen LogP contribution is 2.38. The molecule has 0 saturated carbocycles. The van der Waals surface area contributed by atoms with Gasteiger partial charge < -0.3 is 4.90 Å². The molecular weight excluding hydrogens is 392 g/mol. The number of hydrogen-bond acceptors (Lipinski definition) is 4. The fourth-order valence-corrected chi connectivity index (χ4v) is 5.33. The average Bonchev–Trinajstić information content (AvgIpc) is 2.68. The first-order valence-electron chi connectivity index (χ1n) is 9.51. The second-order valence-corrected chi connectivity index (χ2v) is 9.97. The fraction of sp³-hybridized carbons (Fsp3) is 0.318. The molecule has 0 unspecified atom stereocenters. The zero-order chi connectivity index (χ0) is 19.9. The van der Waals surface area contributed by atoms with E-state index >= 15 is 0 Å². The Morgan fingerprint density at radius 1 is 1.07 bits per heavy atom. The highest BCUT2D eigenvalue weighted by Gasteiger charge is 2.28. The molecule has 0 atom stereocenters. The predicted octanol–water partition coefficient (Wildman–Crippen LogP) is 5.27. The van der Waals surface area contributed by atoms with Crippen molar-refractivity contribution in [3.8, 4) is 0 Å². The van der Waals surface area contributed by atoms with Crippen LogP contribution in [0.1, 0.15) is 25.3 Å². The van der Waals surface area contributed by atoms with Gasteiger partial charge in [0.25, 0.3) is 0 Å². The molecule has 0 spiro atoms. The average molecular weight is 415 g/mol. The molecule has 2 aromatic carbocycles. The molecule has 4 nitrogen and oxygen atoms in total. The zero-order valence-corrected chi connectivity index (χ0v) is 17.6. The number of sulfone groups is 1. The van der Waals surface area contributed by atoms with E-state index in [2.05, 4.69) is 16.8 Å². The van der Waals surface area contributed by atoms with Crippen molar-refractivity contribution in [2.24, 2.45) is 5.92 Å². The quantitative estimate of drug-likeness (QED) is 0.586. The van der Waals surface area contributed by atoms with Crippen molar-refractivity contribution in [1.29, 1.82) is 0 Å². The number of fused-ring (bicyclic) bond motifs is 1. The lowest BCUT2D eigenvalue weighted by Crippen LogP contribution is -2.34. The summed E-state index contributed by atoms with van der Waals surface area (Å²) in [4.78, 5) is 7.18. The van der Waals surface area contributed by atoms with Gasteiger partial charge in [0, 0.05) is 29.7 Å². The van der Waals surface area contributed by atoms with Crippen LogP contribution in [0.15, 0.2) is 58.5 Å². The number of halogens is 1. The van der Waals surface area contributed by atoms with Crippen LogP contribution in [0.2, 0.25) is 5.02 Å². The van der Waals surface area contributed by atoms with E-state index in [-0.39, 0.29) is 4.90 Å². The molecule has 0 amide bonds. The van der Waals surface area contributed by atoms with Gasteiger partial charge in [-0.1, -0.05) is 36.2 Å². The Morgan fingerprint density at radius 2 is 1.75 bits per heavy atom.